The highest BCUT2D eigenvalue weighted by atomic mass is 28.4. The van der Waals surface area contributed by atoms with Crippen molar-refractivity contribution in [3.05, 3.63) is 24.3 Å². The second-order valence-electron chi connectivity index (χ2n) is 13.3. The van der Waals surface area contributed by atoms with Gasteiger partial charge in [-0.15, -0.1) is 0 Å². The summed E-state index contributed by atoms with van der Waals surface area (Å²) >= 11 is 0. The zero-order valence-corrected chi connectivity index (χ0v) is 23.7. The molecule has 2 rings (SSSR count). The normalized spacial score (nSPS) is 16.9. The van der Waals surface area contributed by atoms with Crippen LogP contribution < -0.4 is 9.13 Å². The summed E-state index contributed by atoms with van der Waals surface area (Å²) in [6.45, 7) is 32.5. The van der Waals surface area contributed by atoms with Crippen molar-refractivity contribution >= 4 is 36.6 Å². The van der Waals surface area contributed by atoms with Gasteiger partial charge in [0.25, 0.3) is 9.12 Å². The molecule has 1 aliphatic heterocycles. The number of anilines is 2. The lowest BCUT2D eigenvalue weighted by Gasteiger charge is -2.48. The number of fused-ring (bicyclic) bond motifs is 1. The third-order valence-corrected chi connectivity index (χ3v) is 23.1. The van der Waals surface area contributed by atoms with Crippen molar-refractivity contribution in [1.82, 2.24) is 0 Å². The van der Waals surface area contributed by atoms with E-state index in [0.717, 1.165) is 17.9 Å². The fourth-order valence-corrected chi connectivity index (χ4v) is 26.5. The van der Waals surface area contributed by atoms with Gasteiger partial charge in [-0.05, 0) is 27.8 Å². The van der Waals surface area contributed by atoms with Gasteiger partial charge < -0.3 is 9.13 Å². The Bertz CT molecular complexity index is 618. The predicted molar refractivity (Wildman–Crippen MR) is 136 cm³/mol. The topological polar surface area (TPSA) is 6.48 Å². The molecule has 1 heterocycles. The quantitative estimate of drug-likeness (QED) is 0.460. The lowest BCUT2D eigenvalue weighted by molar-refractivity contribution is 0.424. The molecule has 1 aliphatic rings. The number of benzene rings is 1. The van der Waals surface area contributed by atoms with Crippen LogP contribution in [0.5, 0.6) is 0 Å². The van der Waals surface area contributed by atoms with E-state index < -0.39 is 25.3 Å². The monoisotopic (exact) mass is 433 g/mol. The minimum absolute atomic E-state index is 0.296. The van der Waals surface area contributed by atoms with Gasteiger partial charge in [0.1, 0.15) is 0 Å². The van der Waals surface area contributed by atoms with E-state index in [2.05, 4.69) is 114 Å². The second kappa shape index (κ2) is 7.62. The molecule has 0 N–H and O–H groups in total. The SMILES string of the molecule is CC(C)(C)CN1c2ccccc2N(CC(C)(C)C)[Si]1C([Si](C)(C)C)[Si](C)(C)C. The molecule has 1 aromatic carbocycles. The highest BCUT2D eigenvalue weighted by Crippen LogP contribution is 2.48. The Morgan fingerprint density at radius 2 is 1.04 bits per heavy atom. The third kappa shape index (κ3) is 5.54. The molecule has 1 aromatic rings. The molecule has 0 aliphatic carbocycles. The van der Waals surface area contributed by atoms with Crippen molar-refractivity contribution < 1.29 is 0 Å². The number of hydrogen-bond donors (Lipinski definition) is 0. The second-order valence-corrected chi connectivity index (χ2v) is 28.0. The van der Waals surface area contributed by atoms with E-state index in [4.69, 9.17) is 0 Å². The van der Waals surface area contributed by atoms with Gasteiger partial charge in [-0.3, -0.25) is 0 Å². The molecule has 28 heavy (non-hydrogen) atoms. The molecule has 0 fully saturated rings. The minimum atomic E-state index is -1.34. The van der Waals surface area contributed by atoms with E-state index >= 15 is 0 Å². The molecular formula is C23H45N2Si3. The summed E-state index contributed by atoms with van der Waals surface area (Å²) in [5.41, 5.74) is 3.59. The van der Waals surface area contributed by atoms with Gasteiger partial charge in [0, 0.05) is 29.2 Å². The van der Waals surface area contributed by atoms with Gasteiger partial charge in [-0.2, -0.15) is 0 Å². The smallest absolute Gasteiger partial charge is 0.295 e. The molecule has 0 atom stereocenters. The van der Waals surface area contributed by atoms with Crippen LogP contribution in [0.2, 0.25) is 44.1 Å². The number of hydrogen-bond acceptors (Lipinski definition) is 2. The minimum Gasteiger partial charge on any atom is -0.378 e. The van der Waals surface area contributed by atoms with Crippen LogP contribution in [0.1, 0.15) is 41.5 Å². The molecule has 2 nitrogen and oxygen atoms in total. The van der Waals surface area contributed by atoms with E-state index in [-0.39, 0.29) is 0 Å². The average molecular weight is 434 g/mol. The molecular weight excluding hydrogens is 389 g/mol. The fraction of sp³-hybridized carbons (Fsp3) is 0.739. The molecule has 0 saturated heterocycles. The Balaban J connectivity index is 2.70. The Kier molecular flexibility index (Phi) is 6.46. The Hall–Kier alpha value is -0.529. The largest absolute Gasteiger partial charge is 0.378 e. The summed E-state index contributed by atoms with van der Waals surface area (Å²) in [7, 11) is -3.55. The standard InChI is InChI=1S/C23H45N2Si3/c1-22(2,3)17-24-19-15-13-14-16-20(19)25(18-23(4,5)6)26(24)21(27(7,8)9)28(10,11)12/h13-16,21H,17-18H2,1-12H3. The van der Waals surface area contributed by atoms with Gasteiger partial charge in [0.2, 0.25) is 0 Å². The van der Waals surface area contributed by atoms with E-state index in [1.807, 2.05) is 0 Å². The number of nitrogens with zero attached hydrogens (tertiary/aromatic N) is 2. The van der Waals surface area contributed by atoms with Crippen LogP contribution in [-0.2, 0) is 0 Å². The summed E-state index contributed by atoms with van der Waals surface area (Å²) < 4.78 is 5.79. The highest BCUT2D eigenvalue weighted by Gasteiger charge is 2.54. The van der Waals surface area contributed by atoms with Gasteiger partial charge in [0.15, 0.2) is 0 Å². The van der Waals surface area contributed by atoms with E-state index in [1.54, 1.807) is 0 Å². The van der Waals surface area contributed by atoms with Gasteiger partial charge in [0.05, 0.1) is 11.4 Å². The maximum atomic E-state index is 2.90. The van der Waals surface area contributed by atoms with Crippen molar-refractivity contribution in [2.75, 3.05) is 22.2 Å². The van der Waals surface area contributed by atoms with E-state index in [1.165, 1.54) is 11.4 Å². The summed E-state index contributed by atoms with van der Waals surface area (Å²) in [5.74, 6) is 0. The maximum Gasteiger partial charge on any atom is 0.295 e. The van der Waals surface area contributed by atoms with Crippen LogP contribution in [-0.4, -0.2) is 38.4 Å². The molecule has 0 bridgehead atoms. The zero-order chi connectivity index (χ0) is 21.7. The molecule has 0 spiro atoms. The maximum absolute atomic E-state index is 2.90. The molecule has 5 heteroatoms. The third-order valence-electron chi connectivity index (χ3n) is 5.27. The Morgan fingerprint density at radius 3 is 1.29 bits per heavy atom. The van der Waals surface area contributed by atoms with E-state index in [9.17, 15) is 0 Å². The summed E-state index contributed by atoms with van der Waals surface area (Å²) in [4.78, 5) is 0.905. The lowest BCUT2D eigenvalue weighted by Crippen LogP contribution is -2.65. The first-order valence-electron chi connectivity index (χ1n) is 10.9. The van der Waals surface area contributed by atoms with Crippen LogP contribution in [0.25, 0.3) is 0 Å². The fourth-order valence-electron chi connectivity index (χ4n) is 4.98. The molecule has 0 saturated carbocycles. The molecule has 159 valence electrons. The first kappa shape index (κ1) is 23.7. The molecule has 0 unspecified atom stereocenters. The lowest BCUT2D eigenvalue weighted by atomic mass is 9.96. The van der Waals surface area contributed by atoms with Crippen LogP contribution in [0.15, 0.2) is 24.3 Å². The molecule has 1 radical (unpaired) electrons. The van der Waals surface area contributed by atoms with Gasteiger partial charge in [-0.1, -0.05) is 93.0 Å². The highest BCUT2D eigenvalue weighted by molar-refractivity contribution is 7.09. The summed E-state index contributed by atoms with van der Waals surface area (Å²) in [5, 5.41) is 0. The van der Waals surface area contributed by atoms with Crippen LogP contribution in [0.4, 0.5) is 11.4 Å². The number of rotatable bonds is 5. The van der Waals surface area contributed by atoms with Gasteiger partial charge >= 0.3 is 0 Å². The van der Waals surface area contributed by atoms with Gasteiger partial charge in [-0.25, -0.2) is 0 Å². The van der Waals surface area contributed by atoms with Crippen molar-refractivity contribution in [2.24, 2.45) is 10.8 Å². The summed E-state index contributed by atoms with van der Waals surface area (Å²) in [6, 6.07) is 9.26. The molecule has 0 amide bonds. The van der Waals surface area contributed by atoms with Crippen molar-refractivity contribution in [1.29, 1.82) is 0 Å². The van der Waals surface area contributed by atoms with Crippen molar-refractivity contribution in [3.8, 4) is 0 Å². The Labute approximate surface area is 179 Å². The first-order chi connectivity index (χ1) is 12.4. The van der Waals surface area contributed by atoms with Crippen LogP contribution in [0, 0.1) is 10.8 Å². The Morgan fingerprint density at radius 1 is 0.714 bits per heavy atom. The number of para-hydroxylation sites is 2. The predicted octanol–water partition coefficient (Wildman–Crippen LogP) is 7.02. The molecule has 0 aromatic heterocycles. The average Bonchev–Trinajstić information content (AvgIpc) is 2.68. The van der Waals surface area contributed by atoms with Crippen molar-refractivity contribution in [2.45, 2.75) is 85.6 Å². The zero-order valence-electron chi connectivity index (χ0n) is 20.7. The van der Waals surface area contributed by atoms with Crippen LogP contribution >= 0.6 is 0 Å². The van der Waals surface area contributed by atoms with Crippen molar-refractivity contribution in [3.63, 3.8) is 0 Å². The first-order valence-corrected chi connectivity index (χ1v) is 19.6. The summed E-state index contributed by atoms with van der Waals surface area (Å²) in [6.07, 6.45) is 0. The van der Waals surface area contributed by atoms with Crippen LogP contribution in [0.3, 0.4) is 0 Å². The van der Waals surface area contributed by atoms with E-state index in [0.29, 0.717) is 10.8 Å².